The predicted molar refractivity (Wildman–Crippen MR) is 75.7 cm³/mol. The Morgan fingerprint density at radius 2 is 2.10 bits per heavy atom. The van der Waals surface area contributed by atoms with Gasteiger partial charge in [-0.15, -0.1) is 11.3 Å². The van der Waals surface area contributed by atoms with E-state index in [1.54, 1.807) is 12.1 Å². The van der Waals surface area contributed by atoms with Crippen molar-refractivity contribution >= 4 is 28.1 Å². The van der Waals surface area contributed by atoms with Crippen LogP contribution in [0.25, 0.3) is 0 Å². The summed E-state index contributed by atoms with van der Waals surface area (Å²) >= 11 is 1.31. The molecule has 2 rings (SSSR count). The molecule has 0 fully saturated rings. The number of carbonyl (C=O) groups excluding carboxylic acids is 1. The third-order valence-electron chi connectivity index (χ3n) is 2.52. The number of aromatic nitrogens is 1. The van der Waals surface area contributed by atoms with E-state index in [4.69, 9.17) is 5.73 Å². The van der Waals surface area contributed by atoms with Crippen LogP contribution in [0.2, 0.25) is 0 Å². The van der Waals surface area contributed by atoms with Gasteiger partial charge in [0.25, 0.3) is 5.69 Å². The minimum absolute atomic E-state index is 0.0583. The summed E-state index contributed by atoms with van der Waals surface area (Å²) in [7, 11) is 0. The van der Waals surface area contributed by atoms with Gasteiger partial charge in [-0.25, -0.2) is 4.98 Å². The van der Waals surface area contributed by atoms with Crippen LogP contribution in [0, 0.1) is 10.1 Å². The molecule has 0 unspecified atom stereocenters. The summed E-state index contributed by atoms with van der Waals surface area (Å²) in [5.41, 5.74) is 6.96. The molecule has 1 aromatic carbocycles. The molecule has 20 heavy (non-hydrogen) atoms. The van der Waals surface area contributed by atoms with E-state index in [2.05, 4.69) is 10.3 Å². The van der Waals surface area contributed by atoms with Crippen molar-refractivity contribution < 1.29 is 9.72 Å². The lowest BCUT2D eigenvalue weighted by atomic mass is 10.1. The number of nitrogens with two attached hydrogens (primary N) is 1. The minimum atomic E-state index is -0.437. The molecule has 0 saturated carbocycles. The summed E-state index contributed by atoms with van der Waals surface area (Å²) in [6, 6.07) is 6.29. The molecule has 0 saturated heterocycles. The van der Waals surface area contributed by atoms with Crippen molar-refractivity contribution in [3.63, 3.8) is 0 Å². The SMILES string of the molecule is NCC(=O)Nc1nc(Cc2ccc([N+](=O)[O-])cc2)cs1. The van der Waals surface area contributed by atoms with Gasteiger partial charge < -0.3 is 11.1 Å². The molecule has 0 aliphatic rings. The van der Waals surface area contributed by atoms with E-state index in [9.17, 15) is 14.9 Å². The first-order chi connectivity index (χ1) is 9.58. The number of hydrogen-bond donors (Lipinski definition) is 2. The van der Waals surface area contributed by atoms with Crippen LogP contribution in [0.1, 0.15) is 11.3 Å². The zero-order valence-corrected chi connectivity index (χ0v) is 11.2. The van der Waals surface area contributed by atoms with Crippen molar-refractivity contribution in [3.05, 3.63) is 51.0 Å². The summed E-state index contributed by atoms with van der Waals surface area (Å²) in [4.78, 5) is 25.5. The van der Waals surface area contributed by atoms with Crippen molar-refractivity contribution in [1.82, 2.24) is 4.98 Å². The molecule has 1 heterocycles. The van der Waals surface area contributed by atoms with E-state index in [1.807, 2.05) is 5.38 Å². The fraction of sp³-hybridized carbons (Fsp3) is 0.167. The number of benzene rings is 1. The maximum Gasteiger partial charge on any atom is 0.269 e. The van der Waals surface area contributed by atoms with Crippen molar-refractivity contribution in [1.29, 1.82) is 0 Å². The van der Waals surface area contributed by atoms with Crippen molar-refractivity contribution in [2.24, 2.45) is 5.73 Å². The van der Waals surface area contributed by atoms with Crippen LogP contribution >= 0.6 is 11.3 Å². The highest BCUT2D eigenvalue weighted by atomic mass is 32.1. The number of rotatable bonds is 5. The zero-order chi connectivity index (χ0) is 14.5. The maximum atomic E-state index is 11.1. The molecule has 1 amide bonds. The number of hydrogen-bond acceptors (Lipinski definition) is 6. The highest BCUT2D eigenvalue weighted by molar-refractivity contribution is 7.13. The van der Waals surface area contributed by atoms with Crippen LogP contribution in [0.3, 0.4) is 0 Å². The van der Waals surface area contributed by atoms with Crippen LogP contribution in [-0.4, -0.2) is 22.4 Å². The summed E-state index contributed by atoms with van der Waals surface area (Å²) in [6.45, 7) is -0.0860. The van der Waals surface area contributed by atoms with E-state index >= 15 is 0 Å². The van der Waals surface area contributed by atoms with Crippen LogP contribution in [0.15, 0.2) is 29.6 Å². The summed E-state index contributed by atoms with van der Waals surface area (Å²) in [6.07, 6.45) is 0.549. The van der Waals surface area contributed by atoms with Crippen molar-refractivity contribution in [3.8, 4) is 0 Å². The van der Waals surface area contributed by atoms with Crippen LogP contribution in [0.4, 0.5) is 10.8 Å². The second-order valence-electron chi connectivity index (χ2n) is 4.00. The fourth-order valence-corrected chi connectivity index (χ4v) is 2.29. The largest absolute Gasteiger partial charge is 0.322 e. The molecule has 0 bridgehead atoms. The molecule has 7 nitrogen and oxygen atoms in total. The Balaban J connectivity index is 2.03. The number of non-ortho nitro benzene ring substituents is 1. The molecule has 8 heteroatoms. The fourth-order valence-electron chi connectivity index (χ4n) is 1.56. The number of nitrogens with one attached hydrogen (secondary N) is 1. The lowest BCUT2D eigenvalue weighted by molar-refractivity contribution is -0.384. The predicted octanol–water partition coefficient (Wildman–Crippen LogP) is 1.54. The minimum Gasteiger partial charge on any atom is -0.322 e. The molecule has 0 aliphatic heterocycles. The summed E-state index contributed by atoms with van der Waals surface area (Å²) in [5, 5.41) is 15.4. The van der Waals surface area contributed by atoms with E-state index < -0.39 is 4.92 Å². The van der Waals surface area contributed by atoms with Gasteiger partial charge in [0, 0.05) is 23.9 Å². The Kier molecular flexibility index (Phi) is 4.38. The summed E-state index contributed by atoms with van der Waals surface area (Å²) < 4.78 is 0. The van der Waals surface area contributed by atoms with Gasteiger partial charge in [-0.1, -0.05) is 12.1 Å². The topological polar surface area (TPSA) is 111 Å². The average Bonchev–Trinajstić information content (AvgIpc) is 2.86. The normalized spacial score (nSPS) is 10.2. The number of nitrogens with zero attached hydrogens (tertiary/aromatic N) is 2. The zero-order valence-electron chi connectivity index (χ0n) is 10.4. The second-order valence-corrected chi connectivity index (χ2v) is 4.85. The Hall–Kier alpha value is -2.32. The molecule has 0 aliphatic carbocycles. The van der Waals surface area contributed by atoms with Gasteiger partial charge in [-0.05, 0) is 5.56 Å². The first-order valence-corrected chi connectivity index (χ1v) is 6.64. The smallest absolute Gasteiger partial charge is 0.269 e. The Morgan fingerprint density at radius 1 is 1.40 bits per heavy atom. The molecule has 2 aromatic rings. The molecule has 104 valence electrons. The number of carbonyl (C=O) groups is 1. The van der Waals surface area contributed by atoms with Gasteiger partial charge in [-0.3, -0.25) is 14.9 Å². The molecule has 0 spiro atoms. The van der Waals surface area contributed by atoms with Crippen LogP contribution in [0.5, 0.6) is 0 Å². The number of thiazole rings is 1. The Bertz CT molecular complexity index is 624. The van der Waals surface area contributed by atoms with E-state index in [1.165, 1.54) is 23.5 Å². The highest BCUT2D eigenvalue weighted by Gasteiger charge is 2.08. The van der Waals surface area contributed by atoms with Gasteiger partial charge in [0.2, 0.25) is 5.91 Å². The summed E-state index contributed by atoms with van der Waals surface area (Å²) in [5.74, 6) is -0.291. The Morgan fingerprint density at radius 3 is 2.70 bits per heavy atom. The number of amides is 1. The Labute approximate surface area is 118 Å². The molecule has 1 aromatic heterocycles. The molecule has 3 N–H and O–H groups in total. The molecule has 0 radical (unpaired) electrons. The third-order valence-corrected chi connectivity index (χ3v) is 3.32. The maximum absolute atomic E-state index is 11.1. The highest BCUT2D eigenvalue weighted by Crippen LogP contribution is 2.19. The van der Waals surface area contributed by atoms with E-state index in [0.29, 0.717) is 11.6 Å². The monoisotopic (exact) mass is 292 g/mol. The molecular weight excluding hydrogens is 280 g/mol. The first-order valence-electron chi connectivity index (χ1n) is 5.76. The standard InChI is InChI=1S/C12H12N4O3S/c13-6-11(17)15-12-14-9(7-20-12)5-8-1-3-10(4-2-8)16(18)19/h1-4,7H,5-6,13H2,(H,14,15,17). The lowest BCUT2D eigenvalue weighted by Gasteiger charge is -1.99. The van der Waals surface area contributed by atoms with E-state index in [0.717, 1.165) is 11.3 Å². The van der Waals surface area contributed by atoms with Crippen LogP contribution < -0.4 is 11.1 Å². The number of nitro benzene ring substituents is 1. The van der Waals surface area contributed by atoms with Gasteiger partial charge in [0.1, 0.15) is 0 Å². The van der Waals surface area contributed by atoms with E-state index in [-0.39, 0.29) is 18.1 Å². The molecular formula is C12H12N4O3S. The van der Waals surface area contributed by atoms with Gasteiger partial charge in [0.15, 0.2) is 5.13 Å². The lowest BCUT2D eigenvalue weighted by Crippen LogP contribution is -2.21. The second kappa shape index (κ2) is 6.22. The quantitative estimate of drug-likeness (QED) is 0.641. The van der Waals surface area contributed by atoms with Crippen molar-refractivity contribution in [2.75, 3.05) is 11.9 Å². The van der Waals surface area contributed by atoms with Crippen molar-refractivity contribution in [2.45, 2.75) is 6.42 Å². The van der Waals surface area contributed by atoms with Gasteiger partial charge in [-0.2, -0.15) is 0 Å². The van der Waals surface area contributed by atoms with Crippen LogP contribution in [-0.2, 0) is 11.2 Å². The number of nitro groups is 1. The molecule has 0 atom stereocenters. The van der Waals surface area contributed by atoms with Gasteiger partial charge >= 0.3 is 0 Å². The average molecular weight is 292 g/mol. The number of anilines is 1. The third kappa shape index (κ3) is 3.59. The first kappa shape index (κ1) is 14.1. The van der Waals surface area contributed by atoms with Gasteiger partial charge in [0.05, 0.1) is 17.2 Å².